The summed E-state index contributed by atoms with van der Waals surface area (Å²) in [5, 5.41) is 0. The number of aromatic nitrogens is 1. The first-order chi connectivity index (χ1) is 11.7. The quantitative estimate of drug-likeness (QED) is 0.627. The number of rotatable bonds is 1. The van der Waals surface area contributed by atoms with Gasteiger partial charge in [-0.05, 0) is 29.2 Å². The van der Waals surface area contributed by atoms with E-state index >= 15 is 0 Å². The minimum atomic E-state index is -0.669. The van der Waals surface area contributed by atoms with Crippen LogP contribution in [0.15, 0.2) is 41.4 Å². The molecule has 0 saturated carbocycles. The van der Waals surface area contributed by atoms with Crippen molar-refractivity contribution in [1.29, 1.82) is 0 Å². The summed E-state index contributed by atoms with van der Waals surface area (Å²) in [5.41, 5.74) is 1.81. The van der Waals surface area contributed by atoms with Crippen LogP contribution >= 0.6 is 11.3 Å². The molecular formula is C19H18F2N2OS. The van der Waals surface area contributed by atoms with Crippen molar-refractivity contribution in [2.45, 2.75) is 26.2 Å². The molecule has 0 bridgehead atoms. The van der Waals surface area contributed by atoms with E-state index < -0.39 is 17.5 Å². The van der Waals surface area contributed by atoms with Gasteiger partial charge >= 0.3 is 0 Å². The second kappa shape index (κ2) is 6.19. The number of amides is 1. The van der Waals surface area contributed by atoms with Gasteiger partial charge in [0.2, 0.25) is 0 Å². The van der Waals surface area contributed by atoms with Crippen molar-refractivity contribution < 1.29 is 13.6 Å². The SMILES string of the molecule is Cn1c(=NC(=O)c2ccc(C(C)(C)C)cc2)sc2cc(F)cc(F)c21. The van der Waals surface area contributed by atoms with Gasteiger partial charge in [0.05, 0.1) is 10.2 Å². The monoisotopic (exact) mass is 360 g/mol. The summed E-state index contributed by atoms with van der Waals surface area (Å²) < 4.78 is 29.2. The summed E-state index contributed by atoms with van der Waals surface area (Å²) in [4.78, 5) is 16.8. The topological polar surface area (TPSA) is 34.4 Å². The van der Waals surface area contributed by atoms with Crippen LogP contribution in [0.25, 0.3) is 10.2 Å². The smallest absolute Gasteiger partial charge is 0.279 e. The Hall–Kier alpha value is -2.34. The Morgan fingerprint density at radius 2 is 1.76 bits per heavy atom. The van der Waals surface area contributed by atoms with E-state index in [2.05, 4.69) is 25.8 Å². The minimum Gasteiger partial charge on any atom is -0.317 e. The van der Waals surface area contributed by atoms with Gasteiger partial charge in [-0.3, -0.25) is 4.79 Å². The van der Waals surface area contributed by atoms with E-state index in [9.17, 15) is 13.6 Å². The molecule has 2 aromatic carbocycles. The van der Waals surface area contributed by atoms with Crippen LogP contribution in [0.4, 0.5) is 8.78 Å². The summed E-state index contributed by atoms with van der Waals surface area (Å²) in [6.07, 6.45) is 0. The Kier molecular flexibility index (Phi) is 4.33. The van der Waals surface area contributed by atoms with Gasteiger partial charge < -0.3 is 4.57 Å². The number of fused-ring (bicyclic) bond motifs is 1. The van der Waals surface area contributed by atoms with Gasteiger partial charge in [-0.1, -0.05) is 44.2 Å². The molecule has 3 rings (SSSR count). The van der Waals surface area contributed by atoms with Gasteiger partial charge in [0.1, 0.15) is 5.82 Å². The predicted octanol–water partition coefficient (Wildman–Crippen LogP) is 4.56. The first kappa shape index (κ1) is 17.5. The van der Waals surface area contributed by atoms with Crippen LogP contribution in [-0.2, 0) is 12.5 Å². The van der Waals surface area contributed by atoms with Crippen LogP contribution in [0.2, 0.25) is 0 Å². The molecule has 0 aliphatic heterocycles. The third-order valence-corrected chi connectivity index (χ3v) is 5.09. The second-order valence-corrected chi connectivity index (χ2v) is 7.93. The van der Waals surface area contributed by atoms with Crippen LogP contribution < -0.4 is 4.80 Å². The van der Waals surface area contributed by atoms with E-state index in [4.69, 9.17) is 0 Å². The highest BCUT2D eigenvalue weighted by atomic mass is 32.1. The Balaban J connectivity index is 2.03. The number of aryl methyl sites for hydroxylation is 1. The molecule has 3 nitrogen and oxygen atoms in total. The number of carbonyl (C=O) groups excluding carboxylic acids is 1. The lowest BCUT2D eigenvalue weighted by Crippen LogP contribution is -2.14. The number of carbonyl (C=O) groups is 1. The van der Waals surface area contributed by atoms with Gasteiger partial charge in [-0.2, -0.15) is 4.99 Å². The molecule has 0 fully saturated rings. The molecule has 6 heteroatoms. The molecule has 0 saturated heterocycles. The molecule has 0 radical (unpaired) electrons. The van der Waals surface area contributed by atoms with Crippen molar-refractivity contribution in [2.24, 2.45) is 12.0 Å². The molecule has 0 aliphatic rings. The lowest BCUT2D eigenvalue weighted by Gasteiger charge is -2.18. The standard InChI is InChI=1S/C19H18F2N2OS/c1-19(2,3)12-7-5-11(6-8-12)17(24)22-18-23(4)16-14(21)9-13(20)10-15(16)25-18/h5-10H,1-4H3. The maximum absolute atomic E-state index is 14.0. The average molecular weight is 360 g/mol. The Morgan fingerprint density at radius 1 is 1.12 bits per heavy atom. The molecule has 1 aromatic heterocycles. The van der Waals surface area contributed by atoms with Crippen molar-refractivity contribution in [3.05, 3.63) is 64.0 Å². The zero-order valence-electron chi connectivity index (χ0n) is 14.4. The maximum Gasteiger partial charge on any atom is 0.279 e. The maximum atomic E-state index is 14.0. The van der Waals surface area contributed by atoms with Gasteiger partial charge in [0, 0.05) is 18.7 Å². The van der Waals surface area contributed by atoms with E-state index in [-0.39, 0.29) is 10.9 Å². The van der Waals surface area contributed by atoms with Gasteiger partial charge in [0.25, 0.3) is 5.91 Å². The van der Waals surface area contributed by atoms with Crippen molar-refractivity contribution >= 4 is 27.5 Å². The fourth-order valence-corrected chi connectivity index (χ4v) is 3.63. The largest absolute Gasteiger partial charge is 0.317 e. The fraction of sp³-hybridized carbons (Fsp3) is 0.263. The van der Waals surface area contributed by atoms with Crippen LogP contribution in [0, 0.1) is 11.6 Å². The number of benzene rings is 2. The summed E-state index contributed by atoms with van der Waals surface area (Å²) in [5.74, 6) is -1.73. The molecule has 0 spiro atoms. The molecule has 0 N–H and O–H groups in total. The average Bonchev–Trinajstić information content (AvgIpc) is 2.82. The molecular weight excluding hydrogens is 342 g/mol. The van der Waals surface area contributed by atoms with Crippen LogP contribution in [-0.4, -0.2) is 10.5 Å². The molecule has 0 unspecified atom stereocenters. The first-order valence-corrected chi connectivity index (χ1v) is 8.62. The van der Waals surface area contributed by atoms with Crippen LogP contribution in [0.3, 0.4) is 0 Å². The number of halogens is 2. The predicted molar refractivity (Wildman–Crippen MR) is 95.7 cm³/mol. The van der Waals surface area contributed by atoms with Crippen molar-refractivity contribution in [3.63, 3.8) is 0 Å². The van der Waals surface area contributed by atoms with Crippen LogP contribution in [0.1, 0.15) is 36.7 Å². The first-order valence-electron chi connectivity index (χ1n) is 7.81. The lowest BCUT2D eigenvalue weighted by molar-refractivity contribution is 0.0998. The molecule has 3 aromatic rings. The van der Waals surface area contributed by atoms with E-state index in [1.54, 1.807) is 19.2 Å². The number of hydrogen-bond acceptors (Lipinski definition) is 2. The van der Waals surface area contributed by atoms with E-state index in [0.717, 1.165) is 23.0 Å². The van der Waals surface area contributed by atoms with Gasteiger partial charge in [-0.25, -0.2) is 8.78 Å². The molecule has 25 heavy (non-hydrogen) atoms. The van der Waals surface area contributed by atoms with Crippen molar-refractivity contribution in [3.8, 4) is 0 Å². The highest BCUT2D eigenvalue weighted by Gasteiger charge is 2.15. The molecule has 0 atom stereocenters. The fourth-order valence-electron chi connectivity index (χ4n) is 2.57. The zero-order valence-corrected chi connectivity index (χ0v) is 15.2. The number of nitrogens with zero attached hydrogens (tertiary/aromatic N) is 2. The highest BCUT2D eigenvalue weighted by molar-refractivity contribution is 7.16. The third kappa shape index (κ3) is 3.39. The lowest BCUT2D eigenvalue weighted by atomic mass is 9.87. The molecule has 1 amide bonds. The summed E-state index contributed by atoms with van der Waals surface area (Å²) in [6.45, 7) is 6.29. The molecule has 1 heterocycles. The van der Waals surface area contributed by atoms with Crippen LogP contribution in [0.5, 0.6) is 0 Å². The van der Waals surface area contributed by atoms with E-state index in [1.165, 1.54) is 10.6 Å². The number of hydrogen-bond donors (Lipinski definition) is 0. The Morgan fingerprint density at radius 3 is 2.36 bits per heavy atom. The van der Waals surface area contributed by atoms with E-state index in [0.29, 0.717) is 15.1 Å². The van der Waals surface area contributed by atoms with Gasteiger partial charge in [-0.15, -0.1) is 0 Å². The molecule has 0 aliphatic carbocycles. The Bertz CT molecular complexity index is 1020. The number of thiazole rings is 1. The molecule has 130 valence electrons. The van der Waals surface area contributed by atoms with Crippen molar-refractivity contribution in [1.82, 2.24) is 4.57 Å². The normalized spacial score (nSPS) is 12.8. The second-order valence-electron chi connectivity index (χ2n) is 6.92. The Labute approximate surface area is 148 Å². The zero-order chi connectivity index (χ0) is 18.4. The highest BCUT2D eigenvalue weighted by Crippen LogP contribution is 2.23. The van der Waals surface area contributed by atoms with Crippen molar-refractivity contribution in [2.75, 3.05) is 0 Å². The summed E-state index contributed by atoms with van der Waals surface area (Å²) in [6, 6.07) is 9.35. The third-order valence-electron chi connectivity index (χ3n) is 4.01. The van der Waals surface area contributed by atoms with Gasteiger partial charge in [0.15, 0.2) is 10.6 Å². The minimum absolute atomic E-state index is 0.00175. The summed E-state index contributed by atoms with van der Waals surface area (Å²) in [7, 11) is 1.61. The summed E-state index contributed by atoms with van der Waals surface area (Å²) >= 11 is 1.08. The van der Waals surface area contributed by atoms with E-state index in [1.807, 2.05) is 12.1 Å².